The van der Waals surface area contributed by atoms with E-state index in [-0.39, 0.29) is 16.8 Å². The van der Waals surface area contributed by atoms with E-state index in [2.05, 4.69) is 12.0 Å². The average molecular weight is 453 g/mol. The number of hydrogen-bond acceptors (Lipinski definition) is 7. The van der Waals surface area contributed by atoms with Crippen LogP contribution in [0.1, 0.15) is 53.5 Å². The third-order valence-corrected chi connectivity index (χ3v) is 5.33. The minimum Gasteiger partial charge on any atom is -0.497 e. The summed E-state index contributed by atoms with van der Waals surface area (Å²) in [7, 11) is 2.95. The molecule has 2 aromatic carbocycles. The van der Waals surface area contributed by atoms with Crippen molar-refractivity contribution in [1.82, 2.24) is 9.78 Å². The molecule has 0 saturated heterocycles. The molecule has 0 unspecified atom stereocenters. The van der Waals surface area contributed by atoms with Crippen LogP contribution in [-0.4, -0.2) is 42.4 Å². The van der Waals surface area contributed by atoms with Crippen molar-refractivity contribution in [2.45, 2.75) is 39.2 Å². The van der Waals surface area contributed by atoms with Gasteiger partial charge in [-0.25, -0.2) is 9.48 Å². The van der Waals surface area contributed by atoms with Gasteiger partial charge in [0.05, 0.1) is 25.2 Å². The zero-order valence-electron chi connectivity index (χ0n) is 19.1. The highest BCUT2D eigenvalue weighted by atomic mass is 16.5. The molecule has 0 aliphatic carbocycles. The van der Waals surface area contributed by atoms with Crippen LogP contribution in [0.4, 0.5) is 0 Å². The lowest BCUT2D eigenvalue weighted by Crippen LogP contribution is -2.27. The van der Waals surface area contributed by atoms with Crippen LogP contribution in [0.15, 0.2) is 47.3 Å². The first-order valence-corrected chi connectivity index (χ1v) is 10.9. The van der Waals surface area contributed by atoms with Gasteiger partial charge in [0.2, 0.25) is 5.78 Å². The predicted molar refractivity (Wildman–Crippen MR) is 124 cm³/mol. The monoisotopic (exact) mass is 452 g/mol. The van der Waals surface area contributed by atoms with Crippen molar-refractivity contribution in [3.63, 3.8) is 0 Å². The van der Waals surface area contributed by atoms with Crippen LogP contribution in [-0.2, 0) is 11.3 Å². The second-order valence-corrected chi connectivity index (χ2v) is 7.55. The Balaban J connectivity index is 1.82. The molecule has 8 heteroatoms. The number of nitrogens with zero attached hydrogens (tertiary/aromatic N) is 2. The number of carbonyl (C=O) groups excluding carboxylic acids is 2. The summed E-state index contributed by atoms with van der Waals surface area (Å²) in [4.78, 5) is 38.4. The highest BCUT2D eigenvalue weighted by Crippen LogP contribution is 2.25. The fraction of sp³-hybridized carbons (Fsp3) is 0.360. The van der Waals surface area contributed by atoms with Crippen LogP contribution in [0.3, 0.4) is 0 Å². The quantitative estimate of drug-likeness (QED) is 0.246. The lowest BCUT2D eigenvalue weighted by atomic mass is 10.1. The van der Waals surface area contributed by atoms with Gasteiger partial charge in [-0.05, 0) is 24.6 Å². The van der Waals surface area contributed by atoms with Gasteiger partial charge in [-0.3, -0.25) is 9.59 Å². The number of esters is 1. The normalized spacial score (nSPS) is 10.8. The summed E-state index contributed by atoms with van der Waals surface area (Å²) in [5, 5.41) is 5.06. The van der Waals surface area contributed by atoms with E-state index in [0.29, 0.717) is 28.8 Å². The average Bonchev–Trinajstić information content (AvgIpc) is 2.85. The second-order valence-electron chi connectivity index (χ2n) is 7.55. The Kier molecular flexibility index (Phi) is 8.18. The van der Waals surface area contributed by atoms with E-state index in [1.807, 2.05) is 0 Å². The molecule has 0 fully saturated rings. The zero-order chi connectivity index (χ0) is 23.8. The molecule has 0 N–H and O–H groups in total. The van der Waals surface area contributed by atoms with E-state index in [9.17, 15) is 14.4 Å². The Morgan fingerprint density at radius 3 is 2.42 bits per heavy atom. The van der Waals surface area contributed by atoms with Gasteiger partial charge in [0.15, 0.2) is 12.3 Å². The Morgan fingerprint density at radius 1 is 0.970 bits per heavy atom. The molecule has 3 rings (SSSR count). The number of rotatable bonds is 11. The summed E-state index contributed by atoms with van der Waals surface area (Å²) >= 11 is 0. The topological polar surface area (TPSA) is 96.7 Å². The molecule has 0 atom stereocenters. The van der Waals surface area contributed by atoms with Crippen LogP contribution in [0.5, 0.6) is 11.5 Å². The number of methoxy groups -OCH3 is 2. The summed E-state index contributed by atoms with van der Waals surface area (Å²) in [5.41, 5.74) is 0.0256. The van der Waals surface area contributed by atoms with Crippen molar-refractivity contribution in [2.24, 2.45) is 0 Å². The molecule has 1 heterocycles. The first kappa shape index (κ1) is 24.0. The predicted octanol–water partition coefficient (Wildman–Crippen LogP) is 4.03. The largest absolute Gasteiger partial charge is 0.497 e. The molecule has 0 radical (unpaired) electrons. The SMILES string of the molecule is CCCCCCn1nc(C(=O)OCC(=O)c2ccc(OC)cc2OC)c2ccccc2c1=O. The van der Waals surface area contributed by atoms with Crippen molar-refractivity contribution >= 4 is 22.5 Å². The van der Waals surface area contributed by atoms with Gasteiger partial charge < -0.3 is 14.2 Å². The smallest absolute Gasteiger partial charge is 0.359 e. The standard InChI is InChI=1S/C25H28N2O6/c1-4-5-6-9-14-27-24(29)19-11-8-7-10-18(19)23(26-27)25(30)33-16-21(28)20-13-12-17(31-2)15-22(20)32-3/h7-8,10-13,15H,4-6,9,14,16H2,1-3H3. The van der Waals surface area contributed by atoms with Gasteiger partial charge in [0.1, 0.15) is 11.5 Å². The highest BCUT2D eigenvalue weighted by molar-refractivity contribution is 6.04. The minimum absolute atomic E-state index is 0.00943. The number of fused-ring (bicyclic) bond motifs is 1. The zero-order valence-corrected chi connectivity index (χ0v) is 19.1. The van der Waals surface area contributed by atoms with Gasteiger partial charge >= 0.3 is 5.97 Å². The molecule has 174 valence electrons. The molecule has 3 aromatic rings. The molecule has 0 aliphatic rings. The van der Waals surface area contributed by atoms with Crippen LogP contribution in [0, 0.1) is 0 Å². The molecule has 1 aromatic heterocycles. The van der Waals surface area contributed by atoms with Crippen molar-refractivity contribution in [3.05, 3.63) is 64.1 Å². The molecule has 0 bridgehead atoms. The Bertz CT molecular complexity index is 1200. The van der Waals surface area contributed by atoms with Crippen LogP contribution in [0.25, 0.3) is 10.8 Å². The first-order valence-electron chi connectivity index (χ1n) is 10.9. The maximum Gasteiger partial charge on any atom is 0.359 e. The van der Waals surface area contributed by atoms with Gasteiger partial charge in [0.25, 0.3) is 5.56 Å². The number of ether oxygens (including phenoxy) is 3. The number of unbranched alkanes of at least 4 members (excludes halogenated alkanes) is 3. The fourth-order valence-corrected chi connectivity index (χ4v) is 3.53. The van der Waals surface area contributed by atoms with Crippen molar-refractivity contribution in [3.8, 4) is 11.5 Å². The number of carbonyl (C=O) groups is 2. The molecule has 33 heavy (non-hydrogen) atoms. The number of Topliss-reactive ketones (excluding diaryl/α,β-unsaturated/α-hetero) is 1. The number of aromatic nitrogens is 2. The second kappa shape index (κ2) is 11.3. The Hall–Kier alpha value is -3.68. The van der Waals surface area contributed by atoms with Gasteiger partial charge in [-0.15, -0.1) is 0 Å². The minimum atomic E-state index is -0.769. The third-order valence-electron chi connectivity index (χ3n) is 5.33. The molecule has 0 aliphatic heterocycles. The van der Waals surface area contributed by atoms with Crippen LogP contribution in [0.2, 0.25) is 0 Å². The van der Waals surface area contributed by atoms with E-state index in [1.165, 1.54) is 18.9 Å². The summed E-state index contributed by atoms with van der Waals surface area (Å²) in [6.07, 6.45) is 3.89. The van der Waals surface area contributed by atoms with Crippen molar-refractivity contribution in [1.29, 1.82) is 0 Å². The van der Waals surface area contributed by atoms with Crippen molar-refractivity contribution < 1.29 is 23.8 Å². The van der Waals surface area contributed by atoms with E-state index in [0.717, 1.165) is 25.7 Å². The summed E-state index contributed by atoms with van der Waals surface area (Å²) in [5.74, 6) is -0.341. The Labute approximate surface area is 192 Å². The molecule has 0 saturated carbocycles. The molecule has 0 spiro atoms. The van der Waals surface area contributed by atoms with E-state index < -0.39 is 18.4 Å². The van der Waals surface area contributed by atoms with E-state index >= 15 is 0 Å². The lowest BCUT2D eigenvalue weighted by molar-refractivity contribution is 0.0467. The van der Waals surface area contributed by atoms with E-state index in [4.69, 9.17) is 14.2 Å². The summed E-state index contributed by atoms with van der Waals surface area (Å²) < 4.78 is 17.0. The number of hydrogen-bond donors (Lipinski definition) is 0. The Morgan fingerprint density at radius 2 is 1.73 bits per heavy atom. The van der Waals surface area contributed by atoms with Gasteiger partial charge in [-0.1, -0.05) is 44.4 Å². The summed E-state index contributed by atoms with van der Waals surface area (Å²) in [6.45, 7) is 2.02. The van der Waals surface area contributed by atoms with Crippen LogP contribution < -0.4 is 15.0 Å². The maximum absolute atomic E-state index is 12.9. The lowest BCUT2D eigenvalue weighted by Gasteiger charge is -2.12. The maximum atomic E-state index is 12.9. The van der Waals surface area contributed by atoms with Gasteiger partial charge in [-0.2, -0.15) is 5.10 Å². The number of aryl methyl sites for hydroxylation is 1. The molecular formula is C25H28N2O6. The number of benzene rings is 2. The third kappa shape index (κ3) is 5.58. The van der Waals surface area contributed by atoms with Crippen molar-refractivity contribution in [2.75, 3.05) is 20.8 Å². The first-order chi connectivity index (χ1) is 16.0. The van der Waals surface area contributed by atoms with Crippen LogP contribution >= 0.6 is 0 Å². The summed E-state index contributed by atoms with van der Waals surface area (Å²) in [6, 6.07) is 11.5. The number of ketones is 1. The highest BCUT2D eigenvalue weighted by Gasteiger charge is 2.21. The molecular weight excluding hydrogens is 424 g/mol. The molecule has 0 amide bonds. The van der Waals surface area contributed by atoms with Gasteiger partial charge in [0, 0.05) is 18.0 Å². The van der Waals surface area contributed by atoms with E-state index in [1.54, 1.807) is 42.5 Å². The fourth-order valence-electron chi connectivity index (χ4n) is 3.53. The molecule has 8 nitrogen and oxygen atoms in total.